The summed E-state index contributed by atoms with van der Waals surface area (Å²) in [5.41, 5.74) is -0.158. The van der Waals surface area contributed by atoms with Gasteiger partial charge >= 0.3 is 0 Å². The second-order valence-corrected chi connectivity index (χ2v) is 4.70. The molecule has 14 heavy (non-hydrogen) atoms. The maximum Gasteiger partial charge on any atom is 0.0751 e. The van der Waals surface area contributed by atoms with Gasteiger partial charge in [0.1, 0.15) is 0 Å². The number of nitrogens with one attached hydrogen (secondary N) is 1. The summed E-state index contributed by atoms with van der Waals surface area (Å²) < 4.78 is 5.55. The fraction of sp³-hybridized carbons (Fsp3) is 1.00. The van der Waals surface area contributed by atoms with Gasteiger partial charge in [0, 0.05) is 12.6 Å². The van der Waals surface area contributed by atoms with Gasteiger partial charge in [-0.05, 0) is 26.2 Å². The zero-order chi connectivity index (χ0) is 10.0. The van der Waals surface area contributed by atoms with Crippen molar-refractivity contribution in [3.05, 3.63) is 0 Å². The lowest BCUT2D eigenvalue weighted by Gasteiger charge is -2.34. The predicted octanol–water partition coefficient (Wildman–Crippen LogP) is 1.06. The monoisotopic (exact) mass is 199 g/mol. The summed E-state index contributed by atoms with van der Waals surface area (Å²) in [6.07, 6.45) is 6.26. The zero-order valence-electron chi connectivity index (χ0n) is 8.96. The Balaban J connectivity index is 1.97. The molecule has 0 aromatic carbocycles. The Bertz CT molecular complexity index is 192. The van der Waals surface area contributed by atoms with Gasteiger partial charge in [0.15, 0.2) is 0 Å². The SMILES string of the molecule is CC1OCCC1(CO)NC1CCCC1. The normalized spacial score (nSPS) is 39.4. The Morgan fingerprint density at radius 2 is 2.14 bits per heavy atom. The number of hydrogen-bond donors (Lipinski definition) is 2. The van der Waals surface area contributed by atoms with E-state index in [1.165, 1.54) is 25.7 Å². The van der Waals surface area contributed by atoms with Crippen molar-refractivity contribution in [2.75, 3.05) is 13.2 Å². The van der Waals surface area contributed by atoms with Crippen LogP contribution >= 0.6 is 0 Å². The molecule has 1 aliphatic carbocycles. The molecule has 1 aliphatic heterocycles. The second kappa shape index (κ2) is 4.17. The number of aliphatic hydroxyl groups excluding tert-OH is 1. The Morgan fingerprint density at radius 1 is 1.43 bits per heavy atom. The first kappa shape index (κ1) is 10.4. The molecule has 0 bridgehead atoms. The van der Waals surface area contributed by atoms with Gasteiger partial charge in [-0.1, -0.05) is 12.8 Å². The van der Waals surface area contributed by atoms with Crippen LogP contribution in [0.15, 0.2) is 0 Å². The minimum Gasteiger partial charge on any atom is -0.394 e. The van der Waals surface area contributed by atoms with Crippen LogP contribution in [0.3, 0.4) is 0 Å². The third-order valence-electron chi connectivity index (χ3n) is 3.82. The van der Waals surface area contributed by atoms with Crippen LogP contribution in [0.25, 0.3) is 0 Å². The molecule has 2 atom stereocenters. The van der Waals surface area contributed by atoms with Crippen LogP contribution in [0, 0.1) is 0 Å². The highest BCUT2D eigenvalue weighted by Gasteiger charge is 2.42. The molecule has 2 fully saturated rings. The highest BCUT2D eigenvalue weighted by atomic mass is 16.5. The Hall–Kier alpha value is -0.120. The van der Waals surface area contributed by atoms with Crippen LogP contribution in [-0.4, -0.2) is 36.0 Å². The third kappa shape index (κ3) is 1.81. The lowest BCUT2D eigenvalue weighted by molar-refractivity contribution is 0.0479. The Morgan fingerprint density at radius 3 is 2.64 bits per heavy atom. The van der Waals surface area contributed by atoms with Crippen molar-refractivity contribution in [2.24, 2.45) is 0 Å². The van der Waals surface area contributed by atoms with Crippen LogP contribution in [0.4, 0.5) is 0 Å². The minimum atomic E-state index is -0.158. The van der Waals surface area contributed by atoms with Crippen molar-refractivity contribution in [1.29, 1.82) is 0 Å². The maximum atomic E-state index is 9.50. The van der Waals surface area contributed by atoms with E-state index in [9.17, 15) is 5.11 Å². The largest absolute Gasteiger partial charge is 0.394 e. The van der Waals surface area contributed by atoms with E-state index in [1.54, 1.807) is 0 Å². The highest BCUT2D eigenvalue weighted by Crippen LogP contribution is 2.29. The fourth-order valence-corrected chi connectivity index (χ4v) is 2.70. The molecule has 82 valence electrons. The average Bonchev–Trinajstić information content (AvgIpc) is 2.79. The van der Waals surface area contributed by atoms with Crippen molar-refractivity contribution in [2.45, 2.75) is 56.7 Å². The number of rotatable bonds is 3. The van der Waals surface area contributed by atoms with Crippen LogP contribution in [0.5, 0.6) is 0 Å². The first-order chi connectivity index (χ1) is 6.77. The van der Waals surface area contributed by atoms with E-state index in [0.717, 1.165) is 13.0 Å². The van der Waals surface area contributed by atoms with Crippen LogP contribution < -0.4 is 5.32 Å². The number of hydrogen-bond acceptors (Lipinski definition) is 3. The molecule has 1 heterocycles. The highest BCUT2D eigenvalue weighted by molar-refractivity contribution is 4.99. The zero-order valence-corrected chi connectivity index (χ0v) is 8.96. The van der Waals surface area contributed by atoms with Crippen molar-refractivity contribution in [1.82, 2.24) is 5.32 Å². The van der Waals surface area contributed by atoms with Crippen LogP contribution in [-0.2, 0) is 4.74 Å². The first-order valence-electron chi connectivity index (χ1n) is 5.77. The molecule has 1 saturated carbocycles. The summed E-state index contributed by atoms with van der Waals surface area (Å²) in [6.45, 7) is 3.04. The molecule has 0 spiro atoms. The number of aliphatic hydroxyl groups is 1. The average molecular weight is 199 g/mol. The molecule has 2 unspecified atom stereocenters. The summed E-state index contributed by atoms with van der Waals surface area (Å²) >= 11 is 0. The van der Waals surface area contributed by atoms with Gasteiger partial charge in [-0.3, -0.25) is 0 Å². The molecule has 2 aliphatic rings. The Kier molecular flexibility index (Phi) is 3.10. The van der Waals surface area contributed by atoms with E-state index in [-0.39, 0.29) is 18.2 Å². The smallest absolute Gasteiger partial charge is 0.0751 e. The lowest BCUT2D eigenvalue weighted by atomic mass is 9.91. The quantitative estimate of drug-likeness (QED) is 0.714. The molecule has 3 nitrogen and oxygen atoms in total. The molecule has 2 N–H and O–H groups in total. The van der Waals surface area contributed by atoms with Gasteiger partial charge in [0.25, 0.3) is 0 Å². The molecule has 2 rings (SSSR count). The van der Waals surface area contributed by atoms with Crippen molar-refractivity contribution in [3.8, 4) is 0 Å². The first-order valence-corrected chi connectivity index (χ1v) is 5.77. The molecule has 0 radical (unpaired) electrons. The fourth-order valence-electron chi connectivity index (χ4n) is 2.70. The van der Waals surface area contributed by atoms with Gasteiger partial charge in [0.2, 0.25) is 0 Å². The number of ether oxygens (including phenoxy) is 1. The Labute approximate surface area is 85.8 Å². The molecular formula is C11H21NO2. The van der Waals surface area contributed by atoms with E-state index in [2.05, 4.69) is 12.2 Å². The summed E-state index contributed by atoms with van der Waals surface area (Å²) in [5, 5.41) is 13.1. The summed E-state index contributed by atoms with van der Waals surface area (Å²) in [6, 6.07) is 0.603. The van der Waals surface area contributed by atoms with E-state index in [1.807, 2.05) is 0 Å². The maximum absolute atomic E-state index is 9.50. The lowest BCUT2D eigenvalue weighted by Crippen LogP contribution is -2.56. The summed E-state index contributed by atoms with van der Waals surface area (Å²) in [7, 11) is 0. The van der Waals surface area contributed by atoms with Crippen LogP contribution in [0.2, 0.25) is 0 Å². The summed E-state index contributed by atoms with van der Waals surface area (Å²) in [4.78, 5) is 0. The van der Waals surface area contributed by atoms with Crippen molar-refractivity contribution < 1.29 is 9.84 Å². The van der Waals surface area contributed by atoms with E-state index >= 15 is 0 Å². The van der Waals surface area contributed by atoms with Crippen molar-refractivity contribution in [3.63, 3.8) is 0 Å². The molecule has 0 aromatic rings. The second-order valence-electron chi connectivity index (χ2n) is 4.70. The van der Waals surface area contributed by atoms with Gasteiger partial charge < -0.3 is 15.2 Å². The molecule has 3 heteroatoms. The summed E-state index contributed by atoms with van der Waals surface area (Å²) in [5.74, 6) is 0. The third-order valence-corrected chi connectivity index (χ3v) is 3.82. The van der Waals surface area contributed by atoms with Crippen LogP contribution in [0.1, 0.15) is 39.0 Å². The van der Waals surface area contributed by atoms with Gasteiger partial charge in [-0.15, -0.1) is 0 Å². The van der Waals surface area contributed by atoms with E-state index in [4.69, 9.17) is 4.74 Å². The molecule has 0 aromatic heterocycles. The molecule has 1 saturated heterocycles. The van der Waals surface area contributed by atoms with E-state index in [0.29, 0.717) is 6.04 Å². The molecule has 0 amide bonds. The van der Waals surface area contributed by atoms with Crippen molar-refractivity contribution >= 4 is 0 Å². The molecular weight excluding hydrogens is 178 g/mol. The van der Waals surface area contributed by atoms with E-state index < -0.39 is 0 Å². The minimum absolute atomic E-state index is 0.146. The topological polar surface area (TPSA) is 41.5 Å². The standard InChI is InChI=1S/C11H21NO2/c1-9-11(8-13,6-7-14-9)12-10-4-2-3-5-10/h9-10,12-13H,2-8H2,1H3. The predicted molar refractivity (Wildman–Crippen MR) is 55.2 cm³/mol. The van der Waals surface area contributed by atoms with Gasteiger partial charge in [-0.25, -0.2) is 0 Å². The van der Waals surface area contributed by atoms with Gasteiger partial charge in [-0.2, -0.15) is 0 Å². The van der Waals surface area contributed by atoms with Gasteiger partial charge in [0.05, 0.1) is 18.2 Å².